The number of rotatable bonds is 8. The van der Waals surface area contributed by atoms with Gasteiger partial charge >= 0.3 is 5.97 Å². The summed E-state index contributed by atoms with van der Waals surface area (Å²) in [5.74, 6) is -0.327. The molecule has 4 aromatic rings. The van der Waals surface area contributed by atoms with E-state index in [1.165, 1.54) is 0 Å². The Morgan fingerprint density at radius 3 is 2.05 bits per heavy atom. The minimum atomic E-state index is -0.610. The van der Waals surface area contributed by atoms with E-state index in [4.69, 9.17) is 9.47 Å². The van der Waals surface area contributed by atoms with Gasteiger partial charge in [-0.05, 0) is 42.0 Å². The average Bonchev–Trinajstić information content (AvgIpc) is 3.03. The summed E-state index contributed by atoms with van der Waals surface area (Å²) in [6, 6.07) is 37.4. The number of dihydropyridines is 1. The zero-order chi connectivity index (χ0) is 28.9. The van der Waals surface area contributed by atoms with Crippen LogP contribution in [0.2, 0.25) is 0 Å². The van der Waals surface area contributed by atoms with Crippen LogP contribution in [0, 0.1) is 0 Å². The topological polar surface area (TPSA) is 64.6 Å². The van der Waals surface area contributed by atoms with Crippen LogP contribution in [0.25, 0.3) is 0 Å². The highest BCUT2D eigenvalue weighted by Crippen LogP contribution is 2.47. The Kier molecular flexibility index (Phi) is 8.00. The molecule has 0 bridgehead atoms. The second-order valence-electron chi connectivity index (χ2n) is 10.8. The highest BCUT2D eigenvalue weighted by Gasteiger charge is 2.42. The molecule has 0 spiro atoms. The standard InChI is InChI=1S/C37H33NO4/c1-25-34(37(40)42-24-27-15-7-3-8-16-27)35(30-19-11-12-20-33(30)41-23-26-13-5-2-6-14-26)36-31(38-25)21-29(22-32(36)39)28-17-9-4-10-18-28/h2-20,29,35,38H,21-24H2,1H3. The van der Waals surface area contributed by atoms with Crippen LogP contribution in [0.3, 0.4) is 0 Å². The van der Waals surface area contributed by atoms with E-state index in [1.807, 2.05) is 110 Å². The van der Waals surface area contributed by atoms with Gasteiger partial charge in [0.2, 0.25) is 0 Å². The third kappa shape index (κ3) is 5.77. The number of ketones is 1. The Labute approximate surface area is 246 Å². The molecule has 2 atom stereocenters. The van der Waals surface area contributed by atoms with Gasteiger partial charge in [-0.2, -0.15) is 0 Å². The van der Waals surface area contributed by atoms with Crippen LogP contribution in [-0.2, 0) is 27.5 Å². The summed E-state index contributed by atoms with van der Waals surface area (Å²) in [5.41, 5.74) is 6.46. The molecular formula is C37H33NO4. The SMILES string of the molecule is CC1=C(C(=O)OCc2ccccc2)C(c2ccccc2OCc2ccccc2)C2=C(CC(c3ccccc3)CC2=O)N1. The lowest BCUT2D eigenvalue weighted by Gasteiger charge is -2.37. The number of nitrogens with one attached hydrogen (secondary N) is 1. The number of carbonyl (C=O) groups is 2. The lowest BCUT2D eigenvalue weighted by atomic mass is 9.71. The van der Waals surface area contributed by atoms with Crippen LogP contribution in [0.1, 0.15) is 53.9 Å². The zero-order valence-corrected chi connectivity index (χ0v) is 23.6. The van der Waals surface area contributed by atoms with Gasteiger partial charge in [-0.15, -0.1) is 0 Å². The molecule has 2 aliphatic rings. The monoisotopic (exact) mass is 555 g/mol. The van der Waals surface area contributed by atoms with Crippen molar-refractivity contribution in [1.82, 2.24) is 5.32 Å². The van der Waals surface area contributed by atoms with Gasteiger partial charge in [-0.1, -0.05) is 109 Å². The molecule has 1 heterocycles. The average molecular weight is 556 g/mol. The second kappa shape index (κ2) is 12.3. The number of hydrogen-bond donors (Lipinski definition) is 1. The van der Waals surface area contributed by atoms with Crippen LogP contribution >= 0.6 is 0 Å². The predicted octanol–water partition coefficient (Wildman–Crippen LogP) is 7.37. The summed E-state index contributed by atoms with van der Waals surface area (Å²) >= 11 is 0. The molecule has 4 aromatic carbocycles. The molecule has 210 valence electrons. The molecule has 5 heteroatoms. The van der Waals surface area contributed by atoms with Gasteiger partial charge in [0.05, 0.1) is 11.5 Å². The Morgan fingerprint density at radius 1 is 0.762 bits per heavy atom. The molecule has 0 fully saturated rings. The van der Waals surface area contributed by atoms with Crippen molar-refractivity contribution in [2.45, 2.75) is 44.8 Å². The van der Waals surface area contributed by atoms with Crippen molar-refractivity contribution in [2.24, 2.45) is 0 Å². The molecule has 0 saturated heterocycles. The Hall–Kier alpha value is -4.90. The number of carbonyl (C=O) groups excluding carboxylic acids is 2. The lowest BCUT2D eigenvalue weighted by molar-refractivity contribution is -0.140. The maximum atomic E-state index is 14.0. The molecule has 1 aliphatic carbocycles. The van der Waals surface area contributed by atoms with Gasteiger partial charge in [-0.3, -0.25) is 4.79 Å². The fourth-order valence-electron chi connectivity index (χ4n) is 5.97. The van der Waals surface area contributed by atoms with Crippen molar-refractivity contribution in [3.63, 3.8) is 0 Å². The Bertz CT molecular complexity index is 1640. The van der Waals surface area contributed by atoms with E-state index in [0.717, 1.165) is 28.0 Å². The van der Waals surface area contributed by atoms with Gasteiger partial charge in [-0.25, -0.2) is 4.79 Å². The van der Waals surface area contributed by atoms with Crippen molar-refractivity contribution in [1.29, 1.82) is 0 Å². The third-order valence-corrected chi connectivity index (χ3v) is 8.00. The summed E-state index contributed by atoms with van der Waals surface area (Å²) in [6.07, 6.45) is 1.05. The molecule has 0 aromatic heterocycles. The van der Waals surface area contributed by atoms with E-state index in [-0.39, 0.29) is 18.3 Å². The maximum absolute atomic E-state index is 14.0. The van der Waals surface area contributed by atoms with E-state index in [9.17, 15) is 9.59 Å². The van der Waals surface area contributed by atoms with Gasteiger partial charge < -0.3 is 14.8 Å². The minimum absolute atomic E-state index is 0.0290. The van der Waals surface area contributed by atoms with Crippen LogP contribution < -0.4 is 10.1 Å². The summed E-state index contributed by atoms with van der Waals surface area (Å²) in [5, 5.41) is 3.45. The molecule has 1 aliphatic heterocycles. The smallest absolute Gasteiger partial charge is 0.337 e. The summed E-state index contributed by atoms with van der Waals surface area (Å²) in [6.45, 7) is 2.40. The van der Waals surface area contributed by atoms with Crippen LogP contribution in [0.4, 0.5) is 0 Å². The van der Waals surface area contributed by atoms with Crippen LogP contribution in [0.5, 0.6) is 5.75 Å². The fraction of sp³-hybridized carbons (Fsp3) is 0.189. The van der Waals surface area contributed by atoms with Crippen molar-refractivity contribution in [2.75, 3.05) is 0 Å². The highest BCUT2D eigenvalue weighted by atomic mass is 16.5. The van der Waals surface area contributed by atoms with E-state index < -0.39 is 11.9 Å². The minimum Gasteiger partial charge on any atom is -0.489 e. The molecule has 42 heavy (non-hydrogen) atoms. The van der Waals surface area contributed by atoms with E-state index in [0.29, 0.717) is 42.0 Å². The number of esters is 1. The first-order chi connectivity index (χ1) is 20.6. The van der Waals surface area contributed by atoms with Gasteiger partial charge in [0, 0.05) is 29.0 Å². The van der Waals surface area contributed by atoms with Gasteiger partial charge in [0.15, 0.2) is 5.78 Å². The van der Waals surface area contributed by atoms with Gasteiger partial charge in [0.25, 0.3) is 0 Å². The summed E-state index contributed by atoms with van der Waals surface area (Å²) < 4.78 is 12.2. The van der Waals surface area contributed by atoms with Crippen molar-refractivity contribution >= 4 is 11.8 Å². The molecule has 0 amide bonds. The highest BCUT2D eigenvalue weighted by molar-refractivity contribution is 6.04. The number of para-hydroxylation sites is 1. The largest absolute Gasteiger partial charge is 0.489 e. The molecule has 2 unspecified atom stereocenters. The van der Waals surface area contributed by atoms with E-state index in [2.05, 4.69) is 17.4 Å². The van der Waals surface area contributed by atoms with E-state index >= 15 is 0 Å². The van der Waals surface area contributed by atoms with Gasteiger partial charge in [0.1, 0.15) is 19.0 Å². The zero-order valence-electron chi connectivity index (χ0n) is 23.6. The Morgan fingerprint density at radius 2 is 1.36 bits per heavy atom. The molecule has 1 N–H and O–H groups in total. The van der Waals surface area contributed by atoms with Crippen LogP contribution in [0.15, 0.2) is 138 Å². The number of benzene rings is 4. The number of Topliss-reactive ketones (excluding diaryl/α,β-unsaturated/α-hetero) is 1. The number of hydrogen-bond acceptors (Lipinski definition) is 5. The third-order valence-electron chi connectivity index (χ3n) is 8.00. The Balaban J connectivity index is 1.38. The number of allylic oxidation sites excluding steroid dienone is 3. The molecule has 5 nitrogen and oxygen atoms in total. The summed E-state index contributed by atoms with van der Waals surface area (Å²) in [4.78, 5) is 27.9. The normalized spacial score (nSPS) is 18.3. The first kappa shape index (κ1) is 27.3. The molecular weight excluding hydrogens is 522 g/mol. The molecule has 6 rings (SSSR count). The fourth-order valence-corrected chi connectivity index (χ4v) is 5.97. The number of ether oxygens (including phenoxy) is 2. The van der Waals surface area contributed by atoms with E-state index in [1.54, 1.807) is 0 Å². The quantitative estimate of drug-likeness (QED) is 0.230. The first-order valence-corrected chi connectivity index (χ1v) is 14.3. The first-order valence-electron chi connectivity index (χ1n) is 14.3. The van der Waals surface area contributed by atoms with Crippen molar-refractivity contribution in [3.8, 4) is 5.75 Å². The second-order valence-corrected chi connectivity index (χ2v) is 10.8. The van der Waals surface area contributed by atoms with Crippen molar-refractivity contribution in [3.05, 3.63) is 160 Å². The molecule has 0 radical (unpaired) electrons. The molecule has 0 saturated carbocycles. The van der Waals surface area contributed by atoms with Crippen molar-refractivity contribution < 1.29 is 19.1 Å². The lowest BCUT2D eigenvalue weighted by Crippen LogP contribution is -2.36. The van der Waals surface area contributed by atoms with Crippen LogP contribution in [-0.4, -0.2) is 11.8 Å². The summed E-state index contributed by atoms with van der Waals surface area (Å²) in [7, 11) is 0. The predicted molar refractivity (Wildman–Crippen MR) is 162 cm³/mol. The maximum Gasteiger partial charge on any atom is 0.337 e.